The number of rotatable bonds is 4. The Kier molecular flexibility index (Phi) is 4.95. The van der Waals surface area contributed by atoms with Gasteiger partial charge in [-0.05, 0) is 67.3 Å². The lowest BCUT2D eigenvalue weighted by molar-refractivity contribution is 0.0639. The molecule has 0 spiro atoms. The van der Waals surface area contributed by atoms with Crippen molar-refractivity contribution in [3.8, 4) is 0 Å². The van der Waals surface area contributed by atoms with E-state index in [1.54, 1.807) is 0 Å². The second kappa shape index (κ2) is 7.72. The minimum absolute atomic E-state index is 0.186. The number of carbonyl (C=O) groups is 1. The number of thiophene rings is 1. The van der Waals surface area contributed by atoms with Gasteiger partial charge in [0.1, 0.15) is 0 Å². The lowest BCUT2D eigenvalue weighted by Crippen LogP contribution is -2.49. The molecular weight excluding hydrogens is 366 g/mol. The van der Waals surface area contributed by atoms with Crippen molar-refractivity contribution in [3.63, 3.8) is 0 Å². The van der Waals surface area contributed by atoms with Crippen LogP contribution in [0, 0.1) is 0 Å². The van der Waals surface area contributed by atoms with Gasteiger partial charge in [0.2, 0.25) is 0 Å². The van der Waals surface area contributed by atoms with Gasteiger partial charge in [0.05, 0.1) is 0 Å². The molecule has 0 saturated carbocycles. The van der Waals surface area contributed by atoms with Crippen LogP contribution in [0.5, 0.6) is 0 Å². The van der Waals surface area contributed by atoms with E-state index in [0.29, 0.717) is 0 Å². The van der Waals surface area contributed by atoms with Crippen molar-refractivity contribution in [2.45, 2.75) is 32.1 Å². The van der Waals surface area contributed by atoms with Gasteiger partial charge in [-0.15, -0.1) is 11.3 Å². The second-order valence-corrected chi connectivity index (χ2v) is 9.05. The maximum atomic E-state index is 13.1. The Labute approximate surface area is 170 Å². The van der Waals surface area contributed by atoms with Crippen molar-refractivity contribution in [2.75, 3.05) is 32.7 Å². The highest BCUT2D eigenvalue weighted by molar-refractivity contribution is 7.09. The predicted molar refractivity (Wildman–Crippen MR) is 115 cm³/mol. The van der Waals surface area contributed by atoms with E-state index in [1.807, 2.05) is 22.3 Å². The average molecular weight is 394 g/mol. The number of piperazine rings is 1. The summed E-state index contributed by atoms with van der Waals surface area (Å²) in [5.41, 5.74) is 4.84. The van der Waals surface area contributed by atoms with Crippen molar-refractivity contribution in [1.29, 1.82) is 0 Å². The zero-order chi connectivity index (χ0) is 18.9. The molecule has 2 aliphatic rings. The Morgan fingerprint density at radius 2 is 1.93 bits per heavy atom. The molecule has 1 aliphatic carbocycles. The molecule has 1 aliphatic heterocycles. The van der Waals surface area contributed by atoms with Crippen LogP contribution in [0.15, 0.2) is 35.7 Å². The van der Waals surface area contributed by atoms with Gasteiger partial charge >= 0.3 is 0 Å². The van der Waals surface area contributed by atoms with Crippen molar-refractivity contribution in [2.24, 2.45) is 0 Å². The quantitative estimate of drug-likeness (QED) is 0.725. The number of hydrogen-bond donors (Lipinski definition) is 1. The summed E-state index contributed by atoms with van der Waals surface area (Å²) in [6, 6.07) is 10.5. The molecule has 1 fully saturated rings. The Bertz CT molecular complexity index is 967. The molecule has 0 radical (unpaired) electrons. The molecule has 1 aromatic carbocycles. The Morgan fingerprint density at radius 3 is 2.75 bits per heavy atom. The lowest BCUT2D eigenvalue weighted by atomic mass is 9.95. The number of H-pyrrole nitrogens is 1. The van der Waals surface area contributed by atoms with Crippen LogP contribution in [-0.4, -0.2) is 53.4 Å². The zero-order valence-corrected chi connectivity index (χ0v) is 17.1. The van der Waals surface area contributed by atoms with Gasteiger partial charge in [-0.1, -0.05) is 6.07 Å². The molecule has 3 aromatic rings. The number of nitrogens with one attached hydrogen (secondary N) is 1. The molecule has 1 N–H and O–H groups in total. The Balaban J connectivity index is 1.24. The van der Waals surface area contributed by atoms with Gasteiger partial charge in [0.25, 0.3) is 5.91 Å². The molecule has 0 bridgehead atoms. The molecular formula is C23H27N3OS. The number of aromatic amines is 1. The normalized spacial score (nSPS) is 17.8. The zero-order valence-electron chi connectivity index (χ0n) is 16.2. The van der Waals surface area contributed by atoms with Gasteiger partial charge < -0.3 is 9.88 Å². The number of nitrogens with zero attached hydrogens (tertiary/aromatic N) is 2. The van der Waals surface area contributed by atoms with Crippen LogP contribution in [0.1, 0.15) is 39.3 Å². The summed E-state index contributed by atoms with van der Waals surface area (Å²) in [4.78, 5) is 22.6. The van der Waals surface area contributed by atoms with Gasteiger partial charge in [-0.25, -0.2) is 0 Å². The van der Waals surface area contributed by atoms with E-state index in [0.717, 1.165) is 57.5 Å². The summed E-state index contributed by atoms with van der Waals surface area (Å²) in [7, 11) is 0. The fourth-order valence-electron chi connectivity index (χ4n) is 4.62. The fourth-order valence-corrected chi connectivity index (χ4v) is 5.32. The summed E-state index contributed by atoms with van der Waals surface area (Å²) >= 11 is 1.83. The predicted octanol–water partition coefficient (Wildman–Crippen LogP) is 4.11. The Hall–Kier alpha value is -2.11. The fraction of sp³-hybridized carbons (Fsp3) is 0.435. The van der Waals surface area contributed by atoms with Crippen LogP contribution in [0.4, 0.5) is 0 Å². The number of amides is 1. The van der Waals surface area contributed by atoms with Gasteiger partial charge in [0, 0.05) is 59.8 Å². The Morgan fingerprint density at radius 1 is 1.07 bits per heavy atom. The highest BCUT2D eigenvalue weighted by Gasteiger charge is 2.23. The first-order valence-corrected chi connectivity index (χ1v) is 11.3. The monoisotopic (exact) mass is 393 g/mol. The third-order valence-electron chi connectivity index (χ3n) is 6.26. The summed E-state index contributed by atoms with van der Waals surface area (Å²) in [6.45, 7) is 4.68. The van der Waals surface area contributed by atoms with Crippen LogP contribution >= 0.6 is 11.3 Å². The standard InChI is InChI=1S/C23H27N3OS/c27-23(26-13-11-25(12-14-26)10-9-18-4-3-15-28-18)17-7-8-22-20(16-17)19-5-1-2-6-21(19)24-22/h3-4,7-8,15-16,24H,1-2,5-6,9-14H2. The van der Waals surface area contributed by atoms with E-state index in [9.17, 15) is 4.79 Å². The smallest absolute Gasteiger partial charge is 0.253 e. The molecule has 1 saturated heterocycles. The highest BCUT2D eigenvalue weighted by atomic mass is 32.1. The van der Waals surface area contributed by atoms with Crippen LogP contribution in [0.3, 0.4) is 0 Å². The molecule has 5 rings (SSSR count). The lowest BCUT2D eigenvalue weighted by Gasteiger charge is -2.34. The molecule has 2 aromatic heterocycles. The third kappa shape index (κ3) is 3.49. The second-order valence-electron chi connectivity index (χ2n) is 8.01. The SMILES string of the molecule is O=C(c1ccc2[nH]c3c(c2c1)CCCC3)N1CCN(CCc2cccs2)CC1. The first-order valence-electron chi connectivity index (χ1n) is 10.5. The van der Waals surface area contributed by atoms with Gasteiger partial charge in [-0.3, -0.25) is 9.69 Å². The summed E-state index contributed by atoms with van der Waals surface area (Å²) < 4.78 is 0. The van der Waals surface area contributed by atoms with E-state index >= 15 is 0 Å². The topological polar surface area (TPSA) is 39.3 Å². The average Bonchev–Trinajstić information content (AvgIpc) is 3.39. The maximum absolute atomic E-state index is 13.1. The number of hydrogen-bond acceptors (Lipinski definition) is 3. The number of aromatic nitrogens is 1. The van der Waals surface area contributed by atoms with Crippen LogP contribution < -0.4 is 0 Å². The van der Waals surface area contributed by atoms with Crippen LogP contribution in [0.2, 0.25) is 0 Å². The van der Waals surface area contributed by atoms with E-state index in [4.69, 9.17) is 0 Å². The molecule has 5 heteroatoms. The maximum Gasteiger partial charge on any atom is 0.253 e. The summed E-state index contributed by atoms with van der Waals surface area (Å²) in [5.74, 6) is 0.186. The number of benzene rings is 1. The van der Waals surface area contributed by atoms with Crippen LogP contribution in [-0.2, 0) is 19.3 Å². The summed E-state index contributed by atoms with van der Waals surface area (Å²) in [6.07, 6.45) is 5.91. The number of fused-ring (bicyclic) bond motifs is 3. The van der Waals surface area contributed by atoms with E-state index in [-0.39, 0.29) is 5.91 Å². The van der Waals surface area contributed by atoms with E-state index in [1.165, 1.54) is 39.9 Å². The van der Waals surface area contributed by atoms with E-state index < -0.39 is 0 Å². The minimum Gasteiger partial charge on any atom is -0.358 e. The van der Waals surface area contributed by atoms with Crippen molar-refractivity contribution in [1.82, 2.24) is 14.8 Å². The molecule has 28 heavy (non-hydrogen) atoms. The van der Waals surface area contributed by atoms with Crippen molar-refractivity contribution < 1.29 is 4.79 Å². The van der Waals surface area contributed by atoms with Gasteiger partial charge in [-0.2, -0.15) is 0 Å². The first kappa shape index (κ1) is 18.0. The van der Waals surface area contributed by atoms with Crippen molar-refractivity contribution >= 4 is 28.1 Å². The minimum atomic E-state index is 0.186. The van der Waals surface area contributed by atoms with Crippen molar-refractivity contribution in [3.05, 3.63) is 57.4 Å². The number of carbonyl (C=O) groups excluding carboxylic acids is 1. The first-order chi connectivity index (χ1) is 13.8. The molecule has 0 atom stereocenters. The summed E-state index contributed by atoms with van der Waals surface area (Å²) in [5, 5.41) is 3.40. The van der Waals surface area contributed by atoms with Crippen LogP contribution in [0.25, 0.3) is 10.9 Å². The molecule has 3 heterocycles. The highest BCUT2D eigenvalue weighted by Crippen LogP contribution is 2.30. The third-order valence-corrected chi connectivity index (χ3v) is 7.20. The number of aryl methyl sites for hydroxylation is 2. The van der Waals surface area contributed by atoms with Gasteiger partial charge in [0.15, 0.2) is 0 Å². The largest absolute Gasteiger partial charge is 0.358 e. The molecule has 4 nitrogen and oxygen atoms in total. The molecule has 1 amide bonds. The van der Waals surface area contributed by atoms with E-state index in [2.05, 4.69) is 39.5 Å². The molecule has 146 valence electrons. The molecule has 0 unspecified atom stereocenters.